The number of guanidine groups is 1. The predicted molar refractivity (Wildman–Crippen MR) is 99.2 cm³/mol. The van der Waals surface area contributed by atoms with Crippen LogP contribution >= 0.6 is 0 Å². The van der Waals surface area contributed by atoms with Crippen LogP contribution in [0, 0.1) is 10.1 Å². The van der Waals surface area contributed by atoms with Crippen LogP contribution in [0.4, 0.5) is 5.69 Å². The van der Waals surface area contributed by atoms with Crippen molar-refractivity contribution in [3.05, 3.63) is 70.3 Å². The van der Waals surface area contributed by atoms with Crippen molar-refractivity contribution in [2.24, 2.45) is 10.7 Å². The van der Waals surface area contributed by atoms with Gasteiger partial charge in [-0.1, -0.05) is 30.3 Å². The van der Waals surface area contributed by atoms with E-state index in [-0.39, 0.29) is 24.8 Å². The molecule has 4 N–H and O–H groups in total. The number of aliphatic hydroxyl groups excluding tert-OH is 1. The monoisotopic (exact) mass is 358 g/mol. The van der Waals surface area contributed by atoms with E-state index in [9.17, 15) is 15.2 Å². The number of rotatable bonds is 9. The molecule has 0 aromatic heterocycles. The molecular formula is C18H22N4O4. The van der Waals surface area contributed by atoms with Crippen LogP contribution in [0.2, 0.25) is 0 Å². The van der Waals surface area contributed by atoms with Crippen molar-refractivity contribution >= 4 is 11.6 Å². The number of nitrogens with two attached hydrogens (primary N) is 1. The van der Waals surface area contributed by atoms with E-state index < -0.39 is 11.0 Å². The average molecular weight is 358 g/mol. The van der Waals surface area contributed by atoms with Gasteiger partial charge in [-0.15, -0.1) is 0 Å². The molecule has 0 spiro atoms. The van der Waals surface area contributed by atoms with E-state index >= 15 is 0 Å². The second kappa shape index (κ2) is 10.00. The Balaban J connectivity index is 1.67. The molecule has 2 aromatic carbocycles. The van der Waals surface area contributed by atoms with Crippen LogP contribution in [0.25, 0.3) is 0 Å². The fourth-order valence-electron chi connectivity index (χ4n) is 2.15. The fourth-order valence-corrected chi connectivity index (χ4v) is 2.15. The molecule has 1 atom stereocenters. The molecule has 0 heterocycles. The van der Waals surface area contributed by atoms with Gasteiger partial charge in [0.05, 0.1) is 11.5 Å². The van der Waals surface area contributed by atoms with Gasteiger partial charge in [-0.2, -0.15) is 0 Å². The topological polar surface area (TPSA) is 123 Å². The first-order chi connectivity index (χ1) is 12.5. The van der Waals surface area contributed by atoms with E-state index in [1.54, 1.807) is 0 Å². The van der Waals surface area contributed by atoms with Crippen LogP contribution in [0.1, 0.15) is 5.56 Å². The number of nitrogens with zero attached hydrogens (tertiary/aromatic N) is 2. The molecule has 26 heavy (non-hydrogen) atoms. The summed E-state index contributed by atoms with van der Waals surface area (Å²) in [7, 11) is 0. The summed E-state index contributed by atoms with van der Waals surface area (Å²) in [6.45, 7) is 0.754. The number of nitro groups is 1. The van der Waals surface area contributed by atoms with Gasteiger partial charge in [0.1, 0.15) is 18.5 Å². The van der Waals surface area contributed by atoms with Crippen molar-refractivity contribution in [1.82, 2.24) is 5.32 Å². The lowest BCUT2D eigenvalue weighted by Crippen LogP contribution is -2.34. The molecule has 0 saturated heterocycles. The first-order valence-electron chi connectivity index (χ1n) is 8.17. The Morgan fingerprint density at radius 1 is 1.23 bits per heavy atom. The molecule has 0 bridgehead atoms. The molecule has 0 aliphatic rings. The van der Waals surface area contributed by atoms with Crippen molar-refractivity contribution in [3.63, 3.8) is 0 Å². The normalized spacial score (nSPS) is 12.4. The van der Waals surface area contributed by atoms with Crippen LogP contribution in [0.15, 0.2) is 59.6 Å². The number of hydrogen-bond donors (Lipinski definition) is 3. The maximum atomic E-state index is 10.6. The molecule has 8 nitrogen and oxygen atoms in total. The molecule has 0 aliphatic heterocycles. The zero-order chi connectivity index (χ0) is 18.8. The summed E-state index contributed by atoms with van der Waals surface area (Å²) < 4.78 is 5.37. The summed E-state index contributed by atoms with van der Waals surface area (Å²) in [6.07, 6.45) is -0.0114. The first-order valence-corrected chi connectivity index (χ1v) is 8.17. The van der Waals surface area contributed by atoms with E-state index in [1.807, 2.05) is 30.3 Å². The molecule has 0 radical (unpaired) electrons. The van der Waals surface area contributed by atoms with Gasteiger partial charge < -0.3 is 20.9 Å². The number of non-ortho nitro benzene ring substituents is 1. The smallest absolute Gasteiger partial charge is 0.269 e. The number of nitrogens with one attached hydrogen (secondary N) is 1. The van der Waals surface area contributed by atoms with Gasteiger partial charge in [-0.05, 0) is 24.1 Å². The summed E-state index contributed by atoms with van der Waals surface area (Å²) in [5, 5.41) is 23.4. The van der Waals surface area contributed by atoms with Crippen molar-refractivity contribution in [1.29, 1.82) is 0 Å². The average Bonchev–Trinajstić information content (AvgIpc) is 2.66. The number of benzene rings is 2. The van der Waals surface area contributed by atoms with E-state index in [1.165, 1.54) is 29.8 Å². The van der Waals surface area contributed by atoms with Crippen molar-refractivity contribution in [3.8, 4) is 5.75 Å². The first kappa shape index (κ1) is 19.2. The minimum absolute atomic E-state index is 0.0125. The van der Waals surface area contributed by atoms with Gasteiger partial charge in [0.15, 0.2) is 5.96 Å². The summed E-state index contributed by atoms with van der Waals surface area (Å²) in [4.78, 5) is 14.2. The molecule has 8 heteroatoms. The molecular weight excluding hydrogens is 336 g/mol. The standard InChI is InChI=1S/C18H22N4O4/c19-18(20-11-10-14-4-2-1-3-5-14)21-12-16(23)13-26-17-8-6-15(7-9-17)22(24)25/h1-9,16,23H,10-13H2,(H3,19,20,21). The zero-order valence-electron chi connectivity index (χ0n) is 14.2. The summed E-state index contributed by atoms with van der Waals surface area (Å²) >= 11 is 0. The molecule has 2 rings (SSSR count). The Morgan fingerprint density at radius 2 is 1.92 bits per heavy atom. The van der Waals surface area contributed by atoms with Crippen LogP contribution in [-0.2, 0) is 6.42 Å². The molecule has 0 saturated carbocycles. The SMILES string of the molecule is NC(=NCC(O)COc1ccc([N+](=O)[O-])cc1)NCCc1ccccc1. The van der Waals surface area contributed by atoms with Gasteiger partial charge >= 0.3 is 0 Å². The Labute approximate surface area is 151 Å². The molecule has 0 fully saturated rings. The van der Waals surface area contributed by atoms with E-state index in [0.717, 1.165) is 6.42 Å². The van der Waals surface area contributed by atoms with E-state index in [2.05, 4.69) is 10.3 Å². The Morgan fingerprint density at radius 3 is 2.58 bits per heavy atom. The van der Waals surface area contributed by atoms with Gasteiger partial charge in [-0.3, -0.25) is 15.1 Å². The number of nitro benzene ring substituents is 1. The van der Waals surface area contributed by atoms with Crippen molar-refractivity contribution in [2.45, 2.75) is 12.5 Å². The quantitative estimate of drug-likeness (QED) is 0.270. The van der Waals surface area contributed by atoms with Crippen LogP contribution in [0.5, 0.6) is 5.75 Å². The highest BCUT2D eigenvalue weighted by Gasteiger charge is 2.07. The third-order valence-corrected chi connectivity index (χ3v) is 3.52. The molecule has 2 aromatic rings. The number of ether oxygens (including phenoxy) is 1. The maximum absolute atomic E-state index is 10.6. The zero-order valence-corrected chi connectivity index (χ0v) is 14.2. The lowest BCUT2D eigenvalue weighted by molar-refractivity contribution is -0.384. The van der Waals surface area contributed by atoms with Crippen molar-refractivity contribution < 1.29 is 14.8 Å². The van der Waals surface area contributed by atoms with Crippen LogP contribution in [0.3, 0.4) is 0 Å². The molecule has 0 amide bonds. The number of aliphatic imine (C=N–C) groups is 1. The van der Waals surface area contributed by atoms with Gasteiger partial charge in [0.25, 0.3) is 5.69 Å². The summed E-state index contributed by atoms with van der Waals surface area (Å²) in [5.74, 6) is 0.697. The van der Waals surface area contributed by atoms with E-state index in [0.29, 0.717) is 12.3 Å². The lowest BCUT2D eigenvalue weighted by Gasteiger charge is -2.11. The number of aliphatic hydroxyl groups is 1. The highest BCUT2D eigenvalue weighted by Crippen LogP contribution is 2.17. The largest absolute Gasteiger partial charge is 0.491 e. The van der Waals surface area contributed by atoms with Crippen LogP contribution in [-0.4, -0.2) is 41.8 Å². The minimum Gasteiger partial charge on any atom is -0.491 e. The highest BCUT2D eigenvalue weighted by molar-refractivity contribution is 5.77. The van der Waals surface area contributed by atoms with Gasteiger partial charge in [-0.25, -0.2) is 0 Å². The molecule has 138 valence electrons. The third kappa shape index (κ3) is 6.78. The minimum atomic E-state index is -0.834. The lowest BCUT2D eigenvalue weighted by atomic mass is 10.1. The van der Waals surface area contributed by atoms with E-state index in [4.69, 9.17) is 10.5 Å². The second-order valence-corrected chi connectivity index (χ2v) is 5.60. The molecule has 1 unspecified atom stereocenters. The Kier molecular flexibility index (Phi) is 7.38. The third-order valence-electron chi connectivity index (χ3n) is 3.52. The van der Waals surface area contributed by atoms with Crippen LogP contribution < -0.4 is 15.8 Å². The summed E-state index contributed by atoms with van der Waals surface area (Å²) in [6, 6.07) is 15.6. The van der Waals surface area contributed by atoms with Gasteiger partial charge in [0, 0.05) is 18.7 Å². The fraction of sp³-hybridized carbons (Fsp3) is 0.278. The second-order valence-electron chi connectivity index (χ2n) is 5.60. The highest BCUT2D eigenvalue weighted by atomic mass is 16.6. The summed E-state index contributed by atoms with van der Waals surface area (Å²) in [5.41, 5.74) is 6.94. The predicted octanol–water partition coefficient (Wildman–Crippen LogP) is 1.48. The molecule has 0 aliphatic carbocycles. The number of hydrogen-bond acceptors (Lipinski definition) is 5. The maximum Gasteiger partial charge on any atom is 0.269 e. The Bertz CT molecular complexity index is 720. The van der Waals surface area contributed by atoms with Gasteiger partial charge in [0.2, 0.25) is 0 Å². The van der Waals surface area contributed by atoms with Crippen molar-refractivity contribution in [2.75, 3.05) is 19.7 Å². The Hall–Kier alpha value is -3.13.